The highest BCUT2D eigenvalue weighted by molar-refractivity contribution is 7.16. The third kappa shape index (κ3) is 4.13. The number of thiophene rings is 1. The summed E-state index contributed by atoms with van der Waals surface area (Å²) in [5, 5.41) is 17.8. The zero-order valence-corrected chi connectivity index (χ0v) is 18.2. The zero-order chi connectivity index (χ0) is 20.4. The molecule has 1 unspecified atom stereocenters. The molecule has 0 radical (unpaired) electrons. The van der Waals surface area contributed by atoms with Crippen LogP contribution in [0.2, 0.25) is 0 Å². The largest absolute Gasteiger partial charge is 0.315 e. The Morgan fingerprint density at radius 3 is 2.82 bits per heavy atom. The Kier molecular flexibility index (Phi) is 6.21. The molecule has 2 aromatic rings. The molecule has 0 saturated heterocycles. The molecule has 6 nitrogen and oxygen atoms in total. The number of hydrogen-bond donors (Lipinski definition) is 1. The number of nitrogens with one attached hydrogen (secondary N) is 1. The number of rotatable bonds is 6. The molecular weight excluding hydrogens is 370 g/mol. The second-order valence-electron chi connectivity index (χ2n) is 7.83. The van der Waals surface area contributed by atoms with Crippen molar-refractivity contribution in [1.82, 2.24) is 14.7 Å². The maximum Gasteiger partial charge on any atom is 0.239 e. The van der Waals surface area contributed by atoms with Gasteiger partial charge in [-0.3, -0.25) is 14.4 Å². The van der Waals surface area contributed by atoms with Gasteiger partial charge in [-0.15, -0.1) is 11.3 Å². The van der Waals surface area contributed by atoms with Crippen molar-refractivity contribution in [3.63, 3.8) is 0 Å². The minimum absolute atomic E-state index is 0.0798. The fourth-order valence-electron chi connectivity index (χ4n) is 3.99. The lowest BCUT2D eigenvalue weighted by Gasteiger charge is -2.20. The van der Waals surface area contributed by atoms with Crippen LogP contribution in [0.1, 0.15) is 52.7 Å². The first kappa shape index (κ1) is 20.6. The van der Waals surface area contributed by atoms with E-state index >= 15 is 0 Å². The SMILES string of the molecule is CCC1CCc2c(sc(NC(=O)CN(C)Cc3c(C)nn(C)c3C)c2C#N)C1. The predicted molar refractivity (Wildman–Crippen MR) is 112 cm³/mol. The molecule has 1 N–H and O–H groups in total. The van der Waals surface area contributed by atoms with Gasteiger partial charge in [0.1, 0.15) is 11.1 Å². The van der Waals surface area contributed by atoms with Gasteiger partial charge in [0.15, 0.2) is 0 Å². The van der Waals surface area contributed by atoms with E-state index in [0.717, 1.165) is 46.8 Å². The molecule has 0 saturated carbocycles. The van der Waals surface area contributed by atoms with Crippen molar-refractivity contribution in [2.75, 3.05) is 18.9 Å². The molecule has 28 heavy (non-hydrogen) atoms. The summed E-state index contributed by atoms with van der Waals surface area (Å²) in [5.74, 6) is 0.613. The summed E-state index contributed by atoms with van der Waals surface area (Å²) >= 11 is 1.59. The van der Waals surface area contributed by atoms with E-state index < -0.39 is 0 Å². The van der Waals surface area contributed by atoms with E-state index in [-0.39, 0.29) is 12.5 Å². The van der Waals surface area contributed by atoms with Crippen LogP contribution < -0.4 is 5.32 Å². The second kappa shape index (κ2) is 8.46. The van der Waals surface area contributed by atoms with Gasteiger partial charge < -0.3 is 5.32 Å². The number of likely N-dealkylation sites (N-methyl/N-ethyl adjacent to an activating group) is 1. The molecule has 1 aliphatic carbocycles. The Morgan fingerprint density at radius 2 is 2.21 bits per heavy atom. The molecule has 2 aromatic heterocycles. The molecule has 0 fully saturated rings. The molecule has 1 amide bonds. The summed E-state index contributed by atoms with van der Waals surface area (Å²) in [6, 6.07) is 2.32. The first-order valence-electron chi connectivity index (χ1n) is 9.86. The van der Waals surface area contributed by atoms with Crippen LogP contribution in [0.15, 0.2) is 0 Å². The van der Waals surface area contributed by atoms with Crippen LogP contribution in [0.5, 0.6) is 0 Å². The van der Waals surface area contributed by atoms with Crippen LogP contribution in [0.3, 0.4) is 0 Å². The summed E-state index contributed by atoms with van der Waals surface area (Å²) < 4.78 is 1.87. The van der Waals surface area contributed by atoms with Crippen molar-refractivity contribution in [3.8, 4) is 6.07 Å². The van der Waals surface area contributed by atoms with E-state index in [0.29, 0.717) is 18.0 Å². The lowest BCUT2D eigenvalue weighted by atomic mass is 9.86. The Labute approximate surface area is 171 Å². The van der Waals surface area contributed by atoms with Crippen molar-refractivity contribution in [2.24, 2.45) is 13.0 Å². The Hall–Kier alpha value is -2.17. The van der Waals surface area contributed by atoms with Crippen LogP contribution in [0.25, 0.3) is 0 Å². The van der Waals surface area contributed by atoms with E-state index in [9.17, 15) is 10.1 Å². The van der Waals surface area contributed by atoms with E-state index in [1.807, 2.05) is 37.5 Å². The molecular formula is C21H29N5OS. The monoisotopic (exact) mass is 399 g/mol. The summed E-state index contributed by atoms with van der Waals surface area (Å²) in [5.41, 5.74) is 5.10. The number of carbonyl (C=O) groups excluding carboxylic acids is 1. The Balaban J connectivity index is 1.66. The van der Waals surface area contributed by atoms with E-state index in [1.54, 1.807) is 11.3 Å². The van der Waals surface area contributed by atoms with Gasteiger partial charge in [0.2, 0.25) is 5.91 Å². The highest BCUT2D eigenvalue weighted by Gasteiger charge is 2.26. The summed E-state index contributed by atoms with van der Waals surface area (Å²) in [6.45, 7) is 7.21. The third-order valence-electron chi connectivity index (χ3n) is 5.81. The van der Waals surface area contributed by atoms with Gasteiger partial charge in [0.05, 0.1) is 17.8 Å². The molecule has 0 spiro atoms. The van der Waals surface area contributed by atoms with Gasteiger partial charge in [0.25, 0.3) is 0 Å². The summed E-state index contributed by atoms with van der Waals surface area (Å²) in [7, 11) is 3.87. The number of nitriles is 1. The van der Waals surface area contributed by atoms with Crippen LogP contribution in [-0.2, 0) is 31.2 Å². The average molecular weight is 400 g/mol. The van der Waals surface area contributed by atoms with E-state index in [4.69, 9.17) is 0 Å². The quantitative estimate of drug-likeness (QED) is 0.806. The molecule has 7 heteroatoms. The highest BCUT2D eigenvalue weighted by Crippen LogP contribution is 2.39. The van der Waals surface area contributed by atoms with Gasteiger partial charge >= 0.3 is 0 Å². The normalized spacial score (nSPS) is 16.1. The van der Waals surface area contributed by atoms with Crippen molar-refractivity contribution in [2.45, 2.75) is 53.0 Å². The van der Waals surface area contributed by atoms with Gasteiger partial charge in [-0.05, 0) is 51.6 Å². The fourth-order valence-corrected chi connectivity index (χ4v) is 5.32. The van der Waals surface area contributed by atoms with Gasteiger partial charge in [-0.25, -0.2) is 0 Å². The van der Waals surface area contributed by atoms with E-state index in [1.165, 1.54) is 11.3 Å². The number of aromatic nitrogens is 2. The first-order chi connectivity index (χ1) is 13.3. The van der Waals surface area contributed by atoms with Crippen LogP contribution in [0, 0.1) is 31.1 Å². The maximum atomic E-state index is 12.6. The summed E-state index contributed by atoms with van der Waals surface area (Å²) in [6.07, 6.45) is 4.27. The number of hydrogen-bond acceptors (Lipinski definition) is 5. The average Bonchev–Trinajstić information content (AvgIpc) is 3.11. The van der Waals surface area contributed by atoms with Gasteiger partial charge in [-0.1, -0.05) is 13.3 Å². The van der Waals surface area contributed by atoms with Crippen LogP contribution in [0.4, 0.5) is 5.00 Å². The predicted octanol–water partition coefficient (Wildman–Crippen LogP) is 3.56. The maximum absolute atomic E-state index is 12.6. The number of fused-ring (bicyclic) bond motifs is 1. The molecule has 2 heterocycles. The topological polar surface area (TPSA) is 74.0 Å². The third-order valence-corrected chi connectivity index (χ3v) is 6.98. The van der Waals surface area contributed by atoms with Crippen molar-refractivity contribution >= 4 is 22.2 Å². The Morgan fingerprint density at radius 1 is 1.46 bits per heavy atom. The summed E-state index contributed by atoms with van der Waals surface area (Å²) in [4.78, 5) is 15.9. The number of amides is 1. The lowest BCUT2D eigenvalue weighted by Crippen LogP contribution is -2.30. The van der Waals surface area contributed by atoms with Crippen molar-refractivity contribution in [3.05, 3.63) is 33.0 Å². The first-order valence-corrected chi connectivity index (χ1v) is 10.7. The lowest BCUT2D eigenvalue weighted by molar-refractivity contribution is -0.117. The molecule has 0 bridgehead atoms. The van der Waals surface area contributed by atoms with Crippen LogP contribution >= 0.6 is 11.3 Å². The zero-order valence-electron chi connectivity index (χ0n) is 17.4. The highest BCUT2D eigenvalue weighted by atomic mass is 32.1. The number of carbonyl (C=O) groups is 1. The van der Waals surface area contributed by atoms with Gasteiger partial charge in [0, 0.05) is 29.7 Å². The van der Waals surface area contributed by atoms with Crippen molar-refractivity contribution in [1.29, 1.82) is 5.26 Å². The minimum Gasteiger partial charge on any atom is -0.315 e. The van der Waals surface area contributed by atoms with Gasteiger partial charge in [-0.2, -0.15) is 10.4 Å². The second-order valence-corrected chi connectivity index (χ2v) is 8.94. The standard InChI is InChI=1S/C21H29N5OS/c1-6-15-7-8-16-17(10-22)21(28-19(16)9-15)23-20(27)12-25(4)11-18-13(2)24-26(5)14(18)3/h15H,6-9,11-12H2,1-5H3,(H,23,27). The molecule has 3 rings (SSSR count). The number of nitrogens with zero attached hydrogens (tertiary/aromatic N) is 4. The van der Waals surface area contributed by atoms with Crippen LogP contribution in [-0.4, -0.2) is 34.2 Å². The van der Waals surface area contributed by atoms with Crippen molar-refractivity contribution < 1.29 is 4.79 Å². The minimum atomic E-state index is -0.0798. The molecule has 1 atom stereocenters. The number of anilines is 1. The fraction of sp³-hybridized carbons (Fsp3) is 0.571. The molecule has 0 aromatic carbocycles. The Bertz CT molecular complexity index is 920. The number of aryl methyl sites for hydroxylation is 2. The molecule has 1 aliphatic rings. The molecule has 0 aliphatic heterocycles. The smallest absolute Gasteiger partial charge is 0.239 e. The van der Waals surface area contributed by atoms with E-state index in [2.05, 4.69) is 23.4 Å². The molecule has 150 valence electrons.